The molecule has 0 atom stereocenters. The zero-order chi connectivity index (χ0) is 10.6. The smallest absolute Gasteiger partial charge is 0.339 e. The van der Waals surface area contributed by atoms with E-state index in [2.05, 4.69) is 4.74 Å². The van der Waals surface area contributed by atoms with Gasteiger partial charge in [0.25, 0.3) is 0 Å². The first-order valence-corrected chi connectivity index (χ1v) is 4.30. The van der Waals surface area contributed by atoms with Crippen LogP contribution in [0.25, 0.3) is 0 Å². The lowest BCUT2D eigenvalue weighted by atomic mass is 10.1. The Labute approximate surface area is 86.4 Å². The van der Waals surface area contributed by atoms with Gasteiger partial charge in [-0.1, -0.05) is 17.7 Å². The van der Waals surface area contributed by atoms with Crippen molar-refractivity contribution in [1.29, 1.82) is 0 Å². The molecule has 0 saturated heterocycles. The standard InChI is InChI=1S/C9H10ClNO3/c1-14-9(12)7-3-2-6(5-11-13)4-8(7)10/h2-4,11,13H,5H2,1H3. The molecule has 0 aliphatic heterocycles. The van der Waals surface area contributed by atoms with Crippen LogP contribution in [0.1, 0.15) is 15.9 Å². The lowest BCUT2D eigenvalue weighted by Crippen LogP contribution is -2.07. The second-order valence-electron chi connectivity index (χ2n) is 2.64. The molecule has 1 aromatic carbocycles. The zero-order valence-corrected chi connectivity index (χ0v) is 8.34. The van der Waals surface area contributed by atoms with Crippen LogP contribution in [0.4, 0.5) is 0 Å². The number of hydrogen-bond donors (Lipinski definition) is 2. The fourth-order valence-electron chi connectivity index (χ4n) is 1.04. The molecule has 2 N–H and O–H groups in total. The second kappa shape index (κ2) is 4.95. The molecule has 1 aromatic rings. The van der Waals surface area contributed by atoms with Gasteiger partial charge in [-0.05, 0) is 17.7 Å². The Bertz CT molecular complexity index is 341. The fraction of sp³-hybridized carbons (Fsp3) is 0.222. The molecule has 0 aliphatic carbocycles. The van der Waals surface area contributed by atoms with E-state index >= 15 is 0 Å². The Morgan fingerprint density at radius 3 is 2.86 bits per heavy atom. The third kappa shape index (κ3) is 2.45. The molecule has 0 fully saturated rings. The molecule has 0 bridgehead atoms. The van der Waals surface area contributed by atoms with Crippen molar-refractivity contribution in [1.82, 2.24) is 5.48 Å². The Morgan fingerprint density at radius 2 is 2.36 bits per heavy atom. The van der Waals surface area contributed by atoms with Gasteiger partial charge in [-0.3, -0.25) is 0 Å². The number of benzene rings is 1. The van der Waals surface area contributed by atoms with Crippen LogP contribution in [0.3, 0.4) is 0 Å². The molecule has 76 valence electrons. The van der Waals surface area contributed by atoms with Gasteiger partial charge >= 0.3 is 5.97 Å². The maximum absolute atomic E-state index is 11.1. The summed E-state index contributed by atoms with van der Waals surface area (Å²) < 4.78 is 4.53. The number of halogens is 1. The Morgan fingerprint density at radius 1 is 1.64 bits per heavy atom. The SMILES string of the molecule is COC(=O)c1ccc(CNO)cc1Cl. The van der Waals surface area contributed by atoms with Crippen molar-refractivity contribution >= 4 is 17.6 Å². The second-order valence-corrected chi connectivity index (χ2v) is 3.05. The number of carbonyl (C=O) groups is 1. The van der Waals surface area contributed by atoms with E-state index < -0.39 is 5.97 Å². The maximum atomic E-state index is 11.1. The topological polar surface area (TPSA) is 58.6 Å². The van der Waals surface area contributed by atoms with Gasteiger partial charge in [-0.2, -0.15) is 0 Å². The summed E-state index contributed by atoms with van der Waals surface area (Å²) in [6.45, 7) is 0.279. The minimum atomic E-state index is -0.474. The van der Waals surface area contributed by atoms with E-state index in [1.807, 2.05) is 5.48 Å². The number of hydrogen-bond acceptors (Lipinski definition) is 4. The average molecular weight is 216 g/mol. The highest BCUT2D eigenvalue weighted by molar-refractivity contribution is 6.33. The van der Waals surface area contributed by atoms with Gasteiger partial charge in [0, 0.05) is 6.54 Å². The lowest BCUT2D eigenvalue weighted by molar-refractivity contribution is 0.0601. The molecule has 1 rings (SSSR count). The summed E-state index contributed by atoms with van der Waals surface area (Å²) in [6.07, 6.45) is 0. The predicted molar refractivity (Wildman–Crippen MR) is 51.4 cm³/mol. The van der Waals surface area contributed by atoms with Crippen molar-refractivity contribution < 1.29 is 14.7 Å². The first kappa shape index (κ1) is 11.0. The molecule has 0 spiro atoms. The van der Waals surface area contributed by atoms with Crippen molar-refractivity contribution in [3.8, 4) is 0 Å². The summed E-state index contributed by atoms with van der Waals surface area (Å²) >= 11 is 5.83. The normalized spacial score (nSPS) is 9.93. The lowest BCUT2D eigenvalue weighted by Gasteiger charge is -2.04. The van der Waals surface area contributed by atoms with E-state index in [-0.39, 0.29) is 6.54 Å². The van der Waals surface area contributed by atoms with E-state index in [1.165, 1.54) is 7.11 Å². The number of ether oxygens (including phenoxy) is 1. The van der Waals surface area contributed by atoms with E-state index in [9.17, 15) is 4.79 Å². The van der Waals surface area contributed by atoms with Gasteiger partial charge in [0.1, 0.15) is 0 Å². The Kier molecular flexibility index (Phi) is 3.88. The van der Waals surface area contributed by atoms with Crippen molar-refractivity contribution in [2.75, 3.05) is 7.11 Å². The minimum Gasteiger partial charge on any atom is -0.465 e. The third-order valence-electron chi connectivity index (χ3n) is 1.72. The van der Waals surface area contributed by atoms with Gasteiger partial charge in [0.15, 0.2) is 0 Å². The molecule has 5 heteroatoms. The molecule has 0 radical (unpaired) electrons. The van der Waals surface area contributed by atoms with Crippen LogP contribution in [0.2, 0.25) is 5.02 Å². The first-order valence-electron chi connectivity index (χ1n) is 3.92. The van der Waals surface area contributed by atoms with E-state index in [0.29, 0.717) is 10.6 Å². The summed E-state index contributed by atoms with van der Waals surface area (Å²) in [6, 6.07) is 4.83. The van der Waals surface area contributed by atoms with Gasteiger partial charge in [-0.15, -0.1) is 0 Å². The number of esters is 1. The van der Waals surface area contributed by atoms with Gasteiger partial charge in [-0.25, -0.2) is 10.3 Å². The molecule has 0 unspecified atom stereocenters. The highest BCUT2D eigenvalue weighted by Crippen LogP contribution is 2.18. The van der Waals surface area contributed by atoms with Crippen LogP contribution in [-0.4, -0.2) is 18.3 Å². The van der Waals surface area contributed by atoms with Crippen LogP contribution in [0, 0.1) is 0 Å². The van der Waals surface area contributed by atoms with Crippen LogP contribution < -0.4 is 5.48 Å². The van der Waals surface area contributed by atoms with Crippen molar-refractivity contribution in [3.63, 3.8) is 0 Å². The molecule has 0 aliphatic rings. The number of nitrogens with one attached hydrogen (secondary N) is 1. The summed E-state index contributed by atoms with van der Waals surface area (Å²) in [4.78, 5) is 11.1. The summed E-state index contributed by atoms with van der Waals surface area (Å²) in [7, 11) is 1.29. The predicted octanol–water partition coefficient (Wildman–Crippen LogP) is 1.61. The maximum Gasteiger partial charge on any atom is 0.339 e. The summed E-state index contributed by atoms with van der Waals surface area (Å²) in [5, 5.41) is 8.76. The van der Waals surface area contributed by atoms with Gasteiger partial charge in [0.05, 0.1) is 17.7 Å². The zero-order valence-electron chi connectivity index (χ0n) is 7.58. The van der Waals surface area contributed by atoms with Crippen molar-refractivity contribution in [3.05, 3.63) is 34.3 Å². The average Bonchev–Trinajstić information content (AvgIpc) is 2.17. The number of rotatable bonds is 3. The molecule has 4 nitrogen and oxygen atoms in total. The summed E-state index contributed by atoms with van der Waals surface area (Å²) in [5.74, 6) is -0.474. The molecule has 0 aromatic heterocycles. The van der Waals surface area contributed by atoms with Gasteiger partial charge in [0.2, 0.25) is 0 Å². The largest absolute Gasteiger partial charge is 0.465 e. The molecule has 14 heavy (non-hydrogen) atoms. The van der Waals surface area contributed by atoms with Crippen LogP contribution in [-0.2, 0) is 11.3 Å². The minimum absolute atomic E-state index is 0.279. The van der Waals surface area contributed by atoms with Crippen molar-refractivity contribution in [2.45, 2.75) is 6.54 Å². The van der Waals surface area contributed by atoms with Crippen molar-refractivity contribution in [2.24, 2.45) is 0 Å². The number of hydroxylamine groups is 1. The van der Waals surface area contributed by atoms with Crippen LogP contribution in [0.5, 0.6) is 0 Å². The molecule has 0 heterocycles. The number of carbonyl (C=O) groups excluding carboxylic acids is 1. The number of methoxy groups -OCH3 is 1. The molecule has 0 saturated carbocycles. The fourth-order valence-corrected chi connectivity index (χ4v) is 1.32. The molecular formula is C9H10ClNO3. The quantitative estimate of drug-likeness (QED) is 0.594. The Balaban J connectivity index is 2.95. The highest BCUT2D eigenvalue weighted by atomic mass is 35.5. The first-order chi connectivity index (χ1) is 6.69. The molecular weight excluding hydrogens is 206 g/mol. The van der Waals surface area contributed by atoms with E-state index in [0.717, 1.165) is 5.56 Å². The molecule has 0 amide bonds. The van der Waals surface area contributed by atoms with Crippen LogP contribution in [0.15, 0.2) is 18.2 Å². The van der Waals surface area contributed by atoms with E-state index in [1.54, 1.807) is 18.2 Å². The summed E-state index contributed by atoms with van der Waals surface area (Å²) in [5.41, 5.74) is 3.10. The Hall–Kier alpha value is -1.10. The van der Waals surface area contributed by atoms with Gasteiger partial charge < -0.3 is 9.94 Å². The third-order valence-corrected chi connectivity index (χ3v) is 2.03. The monoisotopic (exact) mass is 215 g/mol. The van der Waals surface area contributed by atoms with E-state index in [4.69, 9.17) is 16.8 Å². The highest BCUT2D eigenvalue weighted by Gasteiger charge is 2.10. The van der Waals surface area contributed by atoms with Crippen LogP contribution >= 0.6 is 11.6 Å².